The van der Waals surface area contributed by atoms with Crippen LogP contribution >= 0.6 is 11.6 Å². The molecule has 0 aliphatic heterocycles. The SMILES string of the molecule is C[C@H](O)CN(C)c1c(Cl)cccc1C#N. The average Bonchev–Trinajstić information content (AvgIpc) is 2.15. The lowest BCUT2D eigenvalue weighted by molar-refractivity contribution is 0.201. The second-order valence-corrected chi connectivity index (χ2v) is 3.88. The first-order valence-corrected chi connectivity index (χ1v) is 5.02. The van der Waals surface area contributed by atoms with Crippen LogP contribution in [-0.4, -0.2) is 24.8 Å². The van der Waals surface area contributed by atoms with Crippen LogP contribution in [0, 0.1) is 11.3 Å². The fourth-order valence-electron chi connectivity index (χ4n) is 1.48. The monoisotopic (exact) mass is 224 g/mol. The highest BCUT2D eigenvalue weighted by Crippen LogP contribution is 2.28. The molecule has 0 spiro atoms. The van der Waals surface area contributed by atoms with E-state index >= 15 is 0 Å². The molecule has 4 heteroatoms. The van der Waals surface area contributed by atoms with Gasteiger partial charge in [0, 0.05) is 13.6 Å². The first kappa shape index (κ1) is 11.8. The van der Waals surface area contributed by atoms with Crippen molar-refractivity contribution < 1.29 is 5.11 Å². The number of aliphatic hydroxyl groups is 1. The van der Waals surface area contributed by atoms with Crippen molar-refractivity contribution in [2.24, 2.45) is 0 Å². The summed E-state index contributed by atoms with van der Waals surface area (Å²) in [6, 6.07) is 7.26. The zero-order chi connectivity index (χ0) is 11.4. The average molecular weight is 225 g/mol. The lowest BCUT2D eigenvalue weighted by Crippen LogP contribution is -2.27. The predicted molar refractivity (Wildman–Crippen MR) is 61.1 cm³/mol. The number of nitriles is 1. The third-order valence-electron chi connectivity index (χ3n) is 2.03. The summed E-state index contributed by atoms with van der Waals surface area (Å²) in [5, 5.41) is 18.7. The highest BCUT2D eigenvalue weighted by molar-refractivity contribution is 6.33. The van der Waals surface area contributed by atoms with Gasteiger partial charge in [0.25, 0.3) is 0 Å². The molecule has 0 unspecified atom stereocenters. The van der Waals surface area contributed by atoms with E-state index in [-0.39, 0.29) is 0 Å². The Labute approximate surface area is 94.5 Å². The minimum atomic E-state index is -0.460. The molecule has 1 rings (SSSR count). The van der Waals surface area contributed by atoms with Gasteiger partial charge in [0.15, 0.2) is 0 Å². The number of aliphatic hydroxyl groups excluding tert-OH is 1. The number of benzene rings is 1. The predicted octanol–water partition coefficient (Wildman–Crippen LogP) is 2.03. The topological polar surface area (TPSA) is 47.3 Å². The van der Waals surface area contributed by atoms with Crippen LogP contribution in [0.4, 0.5) is 5.69 Å². The Balaban J connectivity index is 3.07. The Hall–Kier alpha value is -1.24. The molecule has 0 amide bonds. The summed E-state index contributed by atoms with van der Waals surface area (Å²) in [6.45, 7) is 2.14. The van der Waals surface area contributed by atoms with Crippen LogP contribution in [0.25, 0.3) is 0 Å². The zero-order valence-corrected chi connectivity index (χ0v) is 9.49. The van der Waals surface area contributed by atoms with Crippen molar-refractivity contribution in [2.45, 2.75) is 13.0 Å². The minimum Gasteiger partial charge on any atom is -0.392 e. The molecular weight excluding hydrogens is 212 g/mol. The quantitative estimate of drug-likeness (QED) is 0.855. The minimum absolute atomic E-state index is 0.443. The number of anilines is 1. The summed E-state index contributed by atoms with van der Waals surface area (Å²) in [4.78, 5) is 1.78. The Morgan fingerprint density at radius 3 is 2.80 bits per heavy atom. The van der Waals surface area contributed by atoms with Gasteiger partial charge in [-0.1, -0.05) is 17.7 Å². The van der Waals surface area contributed by atoms with Crippen LogP contribution in [0.3, 0.4) is 0 Å². The first-order chi connectivity index (χ1) is 7.06. The molecule has 1 atom stereocenters. The van der Waals surface area contributed by atoms with Crippen LogP contribution in [0.1, 0.15) is 12.5 Å². The van der Waals surface area contributed by atoms with Gasteiger partial charge >= 0.3 is 0 Å². The Morgan fingerprint density at radius 1 is 1.60 bits per heavy atom. The van der Waals surface area contributed by atoms with Gasteiger partial charge in [0.1, 0.15) is 6.07 Å². The summed E-state index contributed by atoms with van der Waals surface area (Å²) < 4.78 is 0. The summed E-state index contributed by atoms with van der Waals surface area (Å²) in [7, 11) is 1.80. The number of likely N-dealkylation sites (N-methyl/N-ethyl adjacent to an activating group) is 1. The first-order valence-electron chi connectivity index (χ1n) is 4.64. The highest BCUT2D eigenvalue weighted by Gasteiger charge is 2.12. The van der Waals surface area contributed by atoms with Crippen molar-refractivity contribution in [2.75, 3.05) is 18.5 Å². The number of hydrogen-bond donors (Lipinski definition) is 1. The van der Waals surface area contributed by atoms with E-state index in [4.69, 9.17) is 16.9 Å². The summed E-state index contributed by atoms with van der Waals surface area (Å²) in [5.74, 6) is 0. The van der Waals surface area contributed by atoms with Crippen LogP contribution in [0.5, 0.6) is 0 Å². The van der Waals surface area contributed by atoms with E-state index in [0.29, 0.717) is 22.8 Å². The normalized spacial score (nSPS) is 11.9. The fourth-order valence-corrected chi connectivity index (χ4v) is 1.80. The zero-order valence-electron chi connectivity index (χ0n) is 8.74. The van der Waals surface area contributed by atoms with E-state index in [1.54, 1.807) is 37.1 Å². The molecule has 0 aromatic heterocycles. The molecule has 15 heavy (non-hydrogen) atoms. The van der Waals surface area contributed by atoms with Crippen LogP contribution in [0.2, 0.25) is 5.02 Å². The molecular formula is C11H13ClN2O. The summed E-state index contributed by atoms with van der Waals surface area (Å²) in [6.07, 6.45) is -0.460. The molecule has 1 N–H and O–H groups in total. The van der Waals surface area contributed by atoms with Gasteiger partial charge in [-0.2, -0.15) is 5.26 Å². The van der Waals surface area contributed by atoms with Crippen LogP contribution < -0.4 is 4.90 Å². The van der Waals surface area contributed by atoms with E-state index in [0.717, 1.165) is 0 Å². The molecule has 80 valence electrons. The molecule has 0 radical (unpaired) electrons. The van der Waals surface area contributed by atoms with Crippen LogP contribution in [-0.2, 0) is 0 Å². The van der Waals surface area contributed by atoms with Crippen molar-refractivity contribution >= 4 is 17.3 Å². The van der Waals surface area contributed by atoms with Crippen molar-refractivity contribution in [3.05, 3.63) is 28.8 Å². The van der Waals surface area contributed by atoms with Gasteiger partial charge < -0.3 is 10.0 Å². The fraction of sp³-hybridized carbons (Fsp3) is 0.364. The number of para-hydroxylation sites is 1. The third-order valence-corrected chi connectivity index (χ3v) is 2.33. The summed E-state index contributed by atoms with van der Waals surface area (Å²) >= 11 is 6.01. The maximum absolute atomic E-state index is 9.27. The number of nitrogens with zero attached hydrogens (tertiary/aromatic N) is 2. The smallest absolute Gasteiger partial charge is 0.101 e. The van der Waals surface area contributed by atoms with Crippen molar-refractivity contribution in [1.82, 2.24) is 0 Å². The summed E-state index contributed by atoms with van der Waals surface area (Å²) in [5.41, 5.74) is 1.19. The van der Waals surface area contributed by atoms with Crippen molar-refractivity contribution in [1.29, 1.82) is 5.26 Å². The van der Waals surface area contributed by atoms with Gasteiger partial charge in [-0.05, 0) is 19.1 Å². The van der Waals surface area contributed by atoms with E-state index < -0.39 is 6.10 Å². The van der Waals surface area contributed by atoms with Gasteiger partial charge in [0.05, 0.1) is 22.4 Å². The second-order valence-electron chi connectivity index (χ2n) is 3.48. The molecule has 1 aromatic carbocycles. The standard InChI is InChI=1S/C11H13ClN2O/c1-8(15)7-14(2)11-9(6-13)4-3-5-10(11)12/h3-5,8,15H,7H2,1-2H3/t8-/m0/s1. The molecule has 3 nitrogen and oxygen atoms in total. The van der Waals surface area contributed by atoms with Crippen molar-refractivity contribution in [3.63, 3.8) is 0 Å². The van der Waals surface area contributed by atoms with E-state index in [2.05, 4.69) is 6.07 Å². The Bertz CT molecular complexity index is 385. The number of halogens is 1. The maximum Gasteiger partial charge on any atom is 0.101 e. The third kappa shape index (κ3) is 2.85. The van der Waals surface area contributed by atoms with E-state index in [1.807, 2.05) is 0 Å². The molecule has 0 heterocycles. The second kappa shape index (κ2) is 5.01. The highest BCUT2D eigenvalue weighted by atomic mass is 35.5. The van der Waals surface area contributed by atoms with Gasteiger partial charge in [-0.25, -0.2) is 0 Å². The Kier molecular flexibility index (Phi) is 3.96. The van der Waals surface area contributed by atoms with Crippen molar-refractivity contribution in [3.8, 4) is 6.07 Å². The van der Waals surface area contributed by atoms with Gasteiger partial charge in [-0.3, -0.25) is 0 Å². The maximum atomic E-state index is 9.27. The lowest BCUT2D eigenvalue weighted by Gasteiger charge is -2.22. The molecule has 0 aliphatic rings. The van der Waals surface area contributed by atoms with Gasteiger partial charge in [0.2, 0.25) is 0 Å². The number of rotatable bonds is 3. The molecule has 0 bridgehead atoms. The molecule has 0 saturated carbocycles. The van der Waals surface area contributed by atoms with E-state index in [1.165, 1.54) is 0 Å². The lowest BCUT2D eigenvalue weighted by atomic mass is 10.1. The molecule has 0 aliphatic carbocycles. The Morgan fingerprint density at radius 2 is 2.27 bits per heavy atom. The molecule has 0 fully saturated rings. The van der Waals surface area contributed by atoms with E-state index in [9.17, 15) is 5.11 Å². The molecule has 1 aromatic rings. The largest absolute Gasteiger partial charge is 0.392 e. The van der Waals surface area contributed by atoms with Gasteiger partial charge in [-0.15, -0.1) is 0 Å². The number of hydrogen-bond acceptors (Lipinski definition) is 3. The molecule has 0 saturated heterocycles. The van der Waals surface area contributed by atoms with Crippen LogP contribution in [0.15, 0.2) is 18.2 Å².